The molecule has 46 heavy (non-hydrogen) atoms. The van der Waals surface area contributed by atoms with Crippen LogP contribution in [0.15, 0.2) is 152 Å². The molecule has 9 aromatic rings. The van der Waals surface area contributed by atoms with Crippen molar-refractivity contribution >= 4 is 63.0 Å². The van der Waals surface area contributed by atoms with Crippen molar-refractivity contribution in [3.8, 4) is 50.6 Å². The molecule has 0 atom stereocenters. The maximum absolute atomic E-state index is 10.5. The second-order valence-electron chi connectivity index (χ2n) is 11.6. The van der Waals surface area contributed by atoms with Gasteiger partial charge in [0.05, 0.1) is 11.6 Å². The first-order valence-electron chi connectivity index (χ1n) is 15.3. The van der Waals surface area contributed by atoms with Gasteiger partial charge in [-0.3, -0.25) is 0 Å². The van der Waals surface area contributed by atoms with Gasteiger partial charge in [0.15, 0.2) is 0 Å². The Morgan fingerprint density at radius 2 is 0.935 bits per heavy atom. The van der Waals surface area contributed by atoms with Gasteiger partial charge in [0.2, 0.25) is 0 Å². The van der Waals surface area contributed by atoms with Crippen molar-refractivity contribution in [3.63, 3.8) is 0 Å². The minimum absolute atomic E-state index is 0.668. The van der Waals surface area contributed by atoms with Gasteiger partial charge in [-0.25, -0.2) is 0 Å². The van der Waals surface area contributed by atoms with Gasteiger partial charge in [-0.05, 0) is 87.5 Å². The molecule has 2 heterocycles. The van der Waals surface area contributed by atoms with Crippen molar-refractivity contribution < 1.29 is 0 Å². The van der Waals surface area contributed by atoms with Gasteiger partial charge in [0.1, 0.15) is 0 Å². The molecule has 0 aliphatic heterocycles. The van der Waals surface area contributed by atoms with E-state index in [1.54, 1.807) is 0 Å². The summed E-state index contributed by atoms with van der Waals surface area (Å²) < 4.78 is 5.17. The Morgan fingerprint density at radius 3 is 1.63 bits per heavy atom. The first-order chi connectivity index (χ1) is 22.7. The summed E-state index contributed by atoms with van der Waals surface area (Å²) in [6.45, 7) is 0. The largest absolute Gasteiger partial charge is 0.192 e. The van der Waals surface area contributed by atoms with E-state index in [-0.39, 0.29) is 0 Å². The van der Waals surface area contributed by atoms with Crippen LogP contribution in [-0.2, 0) is 0 Å². The van der Waals surface area contributed by atoms with E-state index >= 15 is 0 Å². The van der Waals surface area contributed by atoms with E-state index in [0.29, 0.717) is 5.56 Å². The minimum atomic E-state index is 0.668. The fourth-order valence-electron chi connectivity index (χ4n) is 6.78. The predicted molar refractivity (Wildman–Crippen MR) is 199 cm³/mol. The summed E-state index contributed by atoms with van der Waals surface area (Å²) in [5.41, 5.74) is 9.39. The van der Waals surface area contributed by atoms with Gasteiger partial charge in [-0.15, -0.1) is 22.7 Å². The highest BCUT2D eigenvalue weighted by Gasteiger charge is 2.19. The lowest BCUT2D eigenvalue weighted by Gasteiger charge is -2.18. The molecule has 214 valence electrons. The van der Waals surface area contributed by atoms with E-state index in [9.17, 15) is 5.26 Å². The summed E-state index contributed by atoms with van der Waals surface area (Å²) in [6, 6.07) is 56.7. The maximum atomic E-state index is 10.5. The van der Waals surface area contributed by atoms with Crippen LogP contribution >= 0.6 is 22.7 Å². The second kappa shape index (κ2) is 10.8. The van der Waals surface area contributed by atoms with Crippen LogP contribution in [0.2, 0.25) is 0 Å². The highest BCUT2D eigenvalue weighted by Crippen LogP contribution is 2.45. The summed E-state index contributed by atoms with van der Waals surface area (Å²) >= 11 is 3.67. The zero-order valence-corrected chi connectivity index (χ0v) is 26.3. The number of nitrogens with zero attached hydrogens (tertiary/aromatic N) is 1. The molecule has 0 aliphatic carbocycles. The molecule has 2 aromatic heterocycles. The molecule has 0 amide bonds. The first kappa shape index (κ1) is 26.8. The van der Waals surface area contributed by atoms with E-state index in [0.717, 1.165) is 38.9 Å². The Bertz CT molecular complexity index is 2650. The van der Waals surface area contributed by atoms with E-state index in [2.05, 4.69) is 140 Å². The topological polar surface area (TPSA) is 23.8 Å². The summed E-state index contributed by atoms with van der Waals surface area (Å²) in [4.78, 5) is 0. The monoisotopic (exact) mass is 619 g/mol. The van der Waals surface area contributed by atoms with E-state index < -0.39 is 0 Å². The zero-order valence-electron chi connectivity index (χ0n) is 24.7. The molecule has 0 radical (unpaired) electrons. The Balaban J connectivity index is 1.32. The number of hydrogen-bond donors (Lipinski definition) is 0. The molecule has 0 fully saturated rings. The van der Waals surface area contributed by atoms with Crippen LogP contribution in [0.1, 0.15) is 5.56 Å². The molecule has 1 nitrogen and oxygen atoms in total. The van der Waals surface area contributed by atoms with Gasteiger partial charge in [0.25, 0.3) is 0 Å². The van der Waals surface area contributed by atoms with Crippen molar-refractivity contribution in [2.75, 3.05) is 0 Å². The van der Waals surface area contributed by atoms with Crippen LogP contribution in [0.4, 0.5) is 0 Å². The molecule has 3 heteroatoms. The summed E-state index contributed by atoms with van der Waals surface area (Å²) in [5.74, 6) is 0. The van der Waals surface area contributed by atoms with Crippen molar-refractivity contribution in [2.24, 2.45) is 0 Å². The smallest absolute Gasteiger partial charge is 0.0998 e. The molecule has 0 saturated heterocycles. The minimum Gasteiger partial charge on any atom is -0.192 e. The molecule has 0 N–H and O–H groups in total. The zero-order chi connectivity index (χ0) is 30.6. The van der Waals surface area contributed by atoms with Crippen molar-refractivity contribution in [1.29, 1.82) is 5.26 Å². The van der Waals surface area contributed by atoms with Crippen LogP contribution in [0.3, 0.4) is 0 Å². The van der Waals surface area contributed by atoms with Crippen molar-refractivity contribution in [2.45, 2.75) is 0 Å². The molecule has 7 aromatic carbocycles. The Hall–Kier alpha value is -5.53. The van der Waals surface area contributed by atoms with Crippen molar-refractivity contribution in [1.82, 2.24) is 0 Å². The maximum Gasteiger partial charge on any atom is 0.0998 e. The molecule has 0 unspecified atom stereocenters. The van der Waals surface area contributed by atoms with Crippen LogP contribution in [-0.4, -0.2) is 0 Å². The molecule has 0 aliphatic rings. The third kappa shape index (κ3) is 4.35. The van der Waals surface area contributed by atoms with Gasteiger partial charge in [-0.1, -0.05) is 103 Å². The average molecular weight is 620 g/mol. The third-order valence-electron chi connectivity index (χ3n) is 8.96. The Labute approximate surface area is 274 Å². The number of thiophene rings is 2. The fraction of sp³-hybridized carbons (Fsp3) is 0. The van der Waals surface area contributed by atoms with Crippen LogP contribution in [0, 0.1) is 11.3 Å². The lowest BCUT2D eigenvalue weighted by Crippen LogP contribution is -1.94. The van der Waals surface area contributed by atoms with E-state index in [1.807, 2.05) is 40.9 Å². The number of nitriles is 1. The van der Waals surface area contributed by atoms with E-state index in [1.165, 1.54) is 45.9 Å². The predicted octanol–water partition coefficient (Wildman–Crippen LogP) is 13.0. The highest BCUT2D eigenvalue weighted by molar-refractivity contribution is 7.26. The first-order valence-corrected chi connectivity index (χ1v) is 16.9. The number of fused-ring (bicyclic) bond motifs is 6. The fourth-order valence-corrected chi connectivity index (χ4v) is 8.95. The summed E-state index contributed by atoms with van der Waals surface area (Å²) in [5, 5.41) is 15.6. The lowest BCUT2D eigenvalue weighted by atomic mass is 9.85. The SMILES string of the molecule is N#Cc1cccc(-c2ccccc2)c1-c1cc(-c2ccc3sc4ccccc4c3c2)ccc1-c1ccc2sc3ccccc3c2c1. The Morgan fingerprint density at radius 1 is 0.370 bits per heavy atom. The Kier molecular flexibility index (Phi) is 6.31. The van der Waals surface area contributed by atoms with Crippen molar-refractivity contribution in [3.05, 3.63) is 157 Å². The van der Waals surface area contributed by atoms with Crippen LogP contribution in [0.25, 0.3) is 84.9 Å². The average Bonchev–Trinajstić information content (AvgIpc) is 3.69. The van der Waals surface area contributed by atoms with Gasteiger partial charge < -0.3 is 0 Å². The standard InChI is InChI=1S/C43H25NS2/c44-26-31-11-8-14-33(27-9-2-1-3-10-27)43(31)38-24-28(29-18-21-41-36(23-29)34-12-4-6-15-39(34)45-41)17-20-32(38)30-19-22-42-37(25-30)35-13-5-7-16-40(35)46-42/h1-25H. The highest BCUT2D eigenvalue weighted by atomic mass is 32.1. The summed E-state index contributed by atoms with van der Waals surface area (Å²) in [7, 11) is 0. The summed E-state index contributed by atoms with van der Waals surface area (Å²) in [6.07, 6.45) is 0. The number of benzene rings is 7. The molecule has 0 bridgehead atoms. The van der Waals surface area contributed by atoms with Gasteiger partial charge in [0, 0.05) is 45.9 Å². The number of hydrogen-bond acceptors (Lipinski definition) is 3. The van der Waals surface area contributed by atoms with E-state index in [4.69, 9.17) is 0 Å². The molecule has 0 saturated carbocycles. The molecular weight excluding hydrogens is 595 g/mol. The molecule has 0 spiro atoms. The van der Waals surface area contributed by atoms with Crippen LogP contribution in [0.5, 0.6) is 0 Å². The van der Waals surface area contributed by atoms with Gasteiger partial charge >= 0.3 is 0 Å². The molecule has 9 rings (SSSR count). The number of rotatable bonds is 4. The second-order valence-corrected chi connectivity index (χ2v) is 13.8. The van der Waals surface area contributed by atoms with Gasteiger partial charge in [-0.2, -0.15) is 5.26 Å². The quantitative estimate of drug-likeness (QED) is 0.192. The third-order valence-corrected chi connectivity index (χ3v) is 11.3. The normalized spacial score (nSPS) is 11.5. The lowest BCUT2D eigenvalue weighted by molar-refractivity contribution is 1.47. The van der Waals surface area contributed by atoms with Crippen LogP contribution < -0.4 is 0 Å². The molecular formula is C43H25NS2.